The molecule has 1 aliphatic heterocycles. The molecule has 0 aliphatic carbocycles. The van der Waals surface area contributed by atoms with E-state index in [9.17, 15) is 13.2 Å². The molecule has 1 aromatic heterocycles. The molecule has 1 aromatic rings. The molecule has 7 nitrogen and oxygen atoms in total. The standard InChI is InChI=1S/C10H13N3O4S/c11-9-3-7(10(14)15)8(4-12-9)13-6-1-2-18(16,17)5-6/h3-4,6,13H,1-2,5H2,(H2,11,12)(H,14,15). The van der Waals surface area contributed by atoms with Gasteiger partial charge in [-0.3, -0.25) is 0 Å². The van der Waals surface area contributed by atoms with Crippen molar-refractivity contribution < 1.29 is 18.3 Å². The number of aromatic carboxylic acids is 1. The molecule has 1 atom stereocenters. The van der Waals surface area contributed by atoms with E-state index in [-0.39, 0.29) is 28.9 Å². The maximum Gasteiger partial charge on any atom is 0.337 e. The van der Waals surface area contributed by atoms with Crippen LogP contribution in [0.2, 0.25) is 0 Å². The summed E-state index contributed by atoms with van der Waals surface area (Å²) in [6.45, 7) is 0. The topological polar surface area (TPSA) is 122 Å². The van der Waals surface area contributed by atoms with Crippen LogP contribution in [-0.4, -0.2) is 42.0 Å². The van der Waals surface area contributed by atoms with Gasteiger partial charge in [0.15, 0.2) is 9.84 Å². The van der Waals surface area contributed by atoms with Gasteiger partial charge in [0.1, 0.15) is 5.82 Å². The normalized spacial score (nSPS) is 21.7. The van der Waals surface area contributed by atoms with Crippen molar-refractivity contribution in [3.63, 3.8) is 0 Å². The number of hydrogen-bond donors (Lipinski definition) is 3. The van der Waals surface area contributed by atoms with Crippen LogP contribution in [0, 0.1) is 0 Å². The minimum absolute atomic E-state index is 0.00759. The first-order chi connectivity index (χ1) is 8.37. The monoisotopic (exact) mass is 271 g/mol. The molecule has 1 fully saturated rings. The number of aromatic nitrogens is 1. The van der Waals surface area contributed by atoms with Gasteiger partial charge in [-0.25, -0.2) is 18.2 Å². The lowest BCUT2D eigenvalue weighted by molar-refractivity contribution is 0.0698. The Balaban J connectivity index is 2.22. The third-order valence-corrected chi connectivity index (χ3v) is 4.52. The molecule has 8 heteroatoms. The van der Waals surface area contributed by atoms with E-state index in [0.717, 1.165) is 0 Å². The van der Waals surface area contributed by atoms with E-state index in [2.05, 4.69) is 10.3 Å². The number of pyridine rings is 1. The maximum atomic E-state index is 11.3. The number of carboxylic acids is 1. The van der Waals surface area contributed by atoms with Gasteiger partial charge in [-0.15, -0.1) is 0 Å². The minimum Gasteiger partial charge on any atom is -0.478 e. The number of nitrogens with two attached hydrogens (primary N) is 1. The smallest absolute Gasteiger partial charge is 0.337 e. The summed E-state index contributed by atoms with van der Waals surface area (Å²) < 4.78 is 22.6. The van der Waals surface area contributed by atoms with E-state index in [4.69, 9.17) is 10.8 Å². The van der Waals surface area contributed by atoms with Crippen molar-refractivity contribution >= 4 is 27.3 Å². The van der Waals surface area contributed by atoms with E-state index >= 15 is 0 Å². The zero-order valence-corrected chi connectivity index (χ0v) is 10.3. The first-order valence-electron chi connectivity index (χ1n) is 5.33. The molecule has 4 N–H and O–H groups in total. The summed E-state index contributed by atoms with van der Waals surface area (Å²) in [5, 5.41) is 11.9. The average Bonchev–Trinajstić information content (AvgIpc) is 2.60. The Morgan fingerprint density at radius 2 is 2.28 bits per heavy atom. The summed E-state index contributed by atoms with van der Waals surface area (Å²) in [6.07, 6.45) is 1.77. The molecule has 2 rings (SSSR count). The molecule has 0 spiro atoms. The molecule has 0 saturated carbocycles. The second kappa shape index (κ2) is 4.45. The quantitative estimate of drug-likeness (QED) is 0.705. The molecule has 1 saturated heterocycles. The van der Waals surface area contributed by atoms with Gasteiger partial charge in [-0.05, 0) is 12.5 Å². The highest BCUT2D eigenvalue weighted by atomic mass is 32.2. The highest BCUT2D eigenvalue weighted by Crippen LogP contribution is 2.21. The van der Waals surface area contributed by atoms with Crippen LogP contribution in [0.25, 0.3) is 0 Å². The van der Waals surface area contributed by atoms with Gasteiger partial charge >= 0.3 is 5.97 Å². The van der Waals surface area contributed by atoms with Crippen LogP contribution in [0.5, 0.6) is 0 Å². The first kappa shape index (κ1) is 12.6. The van der Waals surface area contributed by atoms with Crippen molar-refractivity contribution in [2.45, 2.75) is 12.5 Å². The van der Waals surface area contributed by atoms with Crippen molar-refractivity contribution in [3.8, 4) is 0 Å². The third-order valence-electron chi connectivity index (χ3n) is 2.75. The van der Waals surface area contributed by atoms with Crippen LogP contribution in [0.15, 0.2) is 12.3 Å². The lowest BCUT2D eigenvalue weighted by Gasteiger charge is -2.14. The molecule has 18 heavy (non-hydrogen) atoms. The Kier molecular flexibility index (Phi) is 3.12. The molecule has 2 heterocycles. The summed E-state index contributed by atoms with van der Waals surface area (Å²) in [6, 6.07) is 0.965. The van der Waals surface area contributed by atoms with Gasteiger partial charge in [-0.1, -0.05) is 0 Å². The Labute approximate surface area is 104 Å². The lowest BCUT2D eigenvalue weighted by Crippen LogP contribution is -2.22. The summed E-state index contributed by atoms with van der Waals surface area (Å²) in [5.41, 5.74) is 5.70. The van der Waals surface area contributed by atoms with Crippen LogP contribution in [0.1, 0.15) is 16.8 Å². The highest BCUT2D eigenvalue weighted by molar-refractivity contribution is 7.91. The van der Waals surface area contributed by atoms with Gasteiger partial charge in [0.05, 0.1) is 29.0 Å². The number of nitrogen functional groups attached to an aromatic ring is 1. The predicted molar refractivity (Wildman–Crippen MR) is 66.3 cm³/mol. The van der Waals surface area contributed by atoms with E-state index < -0.39 is 15.8 Å². The zero-order valence-electron chi connectivity index (χ0n) is 9.46. The van der Waals surface area contributed by atoms with Crippen LogP contribution >= 0.6 is 0 Å². The van der Waals surface area contributed by atoms with E-state index in [1.165, 1.54) is 12.3 Å². The number of nitrogens with one attached hydrogen (secondary N) is 1. The average molecular weight is 271 g/mol. The van der Waals surface area contributed by atoms with Gasteiger partial charge in [-0.2, -0.15) is 0 Å². The molecular formula is C10H13N3O4S. The number of anilines is 2. The highest BCUT2D eigenvalue weighted by Gasteiger charge is 2.28. The number of nitrogens with zero attached hydrogens (tertiary/aromatic N) is 1. The maximum absolute atomic E-state index is 11.3. The summed E-state index contributed by atoms with van der Waals surface area (Å²) >= 11 is 0. The molecular weight excluding hydrogens is 258 g/mol. The Morgan fingerprint density at radius 1 is 1.56 bits per heavy atom. The van der Waals surface area contributed by atoms with Gasteiger partial charge in [0, 0.05) is 6.04 Å². The Hall–Kier alpha value is -1.83. The molecule has 0 radical (unpaired) electrons. The molecule has 1 unspecified atom stereocenters. The fraction of sp³-hybridized carbons (Fsp3) is 0.400. The van der Waals surface area contributed by atoms with Gasteiger partial charge < -0.3 is 16.2 Å². The minimum atomic E-state index is -3.01. The van der Waals surface area contributed by atoms with E-state index in [1.54, 1.807) is 0 Å². The SMILES string of the molecule is Nc1cc(C(=O)O)c(NC2CCS(=O)(=O)C2)cn1. The van der Waals surface area contributed by atoms with Crippen molar-refractivity contribution in [1.29, 1.82) is 0 Å². The number of sulfone groups is 1. The first-order valence-corrected chi connectivity index (χ1v) is 7.15. The zero-order chi connectivity index (χ0) is 13.3. The Bertz CT molecular complexity index is 585. The molecule has 1 aliphatic rings. The number of rotatable bonds is 3. The second-order valence-electron chi connectivity index (χ2n) is 4.20. The van der Waals surface area contributed by atoms with E-state index in [1.807, 2.05) is 0 Å². The van der Waals surface area contributed by atoms with Crippen LogP contribution in [-0.2, 0) is 9.84 Å². The van der Waals surface area contributed by atoms with E-state index in [0.29, 0.717) is 12.1 Å². The third kappa shape index (κ3) is 2.70. The largest absolute Gasteiger partial charge is 0.478 e. The Morgan fingerprint density at radius 3 is 2.83 bits per heavy atom. The fourth-order valence-corrected chi connectivity index (χ4v) is 3.57. The van der Waals surface area contributed by atoms with Crippen molar-refractivity contribution in [3.05, 3.63) is 17.8 Å². The van der Waals surface area contributed by atoms with Crippen molar-refractivity contribution in [1.82, 2.24) is 4.98 Å². The number of hydrogen-bond acceptors (Lipinski definition) is 6. The van der Waals surface area contributed by atoms with Crippen LogP contribution < -0.4 is 11.1 Å². The summed E-state index contributed by atoms with van der Waals surface area (Å²) in [7, 11) is -3.01. The van der Waals surface area contributed by atoms with Crippen molar-refractivity contribution in [2.24, 2.45) is 0 Å². The molecule has 0 amide bonds. The summed E-state index contributed by atoms with van der Waals surface area (Å²) in [4.78, 5) is 14.8. The van der Waals surface area contributed by atoms with Crippen LogP contribution in [0.4, 0.5) is 11.5 Å². The number of carbonyl (C=O) groups is 1. The lowest BCUT2D eigenvalue weighted by atomic mass is 10.2. The molecule has 0 aromatic carbocycles. The fourth-order valence-electron chi connectivity index (χ4n) is 1.89. The van der Waals surface area contributed by atoms with Crippen molar-refractivity contribution in [2.75, 3.05) is 22.6 Å². The molecule has 0 bridgehead atoms. The molecule has 98 valence electrons. The van der Waals surface area contributed by atoms with Gasteiger partial charge in [0.2, 0.25) is 0 Å². The summed E-state index contributed by atoms with van der Waals surface area (Å²) in [5.74, 6) is -0.893. The number of carboxylic acid groups (broad SMARTS) is 1. The van der Waals surface area contributed by atoms with Gasteiger partial charge in [0.25, 0.3) is 0 Å². The predicted octanol–water partition coefficient (Wildman–Crippen LogP) is -0.0390. The van der Waals surface area contributed by atoms with Crippen LogP contribution in [0.3, 0.4) is 0 Å². The second-order valence-corrected chi connectivity index (χ2v) is 6.43.